The van der Waals surface area contributed by atoms with Gasteiger partial charge in [0.05, 0.1) is 12.8 Å². The monoisotopic (exact) mass is 340 g/mol. The number of benzene rings is 1. The number of fused-ring (bicyclic) bond motifs is 1. The second kappa shape index (κ2) is 6.55. The summed E-state index contributed by atoms with van der Waals surface area (Å²) >= 11 is 0. The van der Waals surface area contributed by atoms with E-state index in [0.29, 0.717) is 43.6 Å². The van der Waals surface area contributed by atoms with Gasteiger partial charge in [0.1, 0.15) is 23.0 Å². The number of aromatic nitrogens is 1. The molecule has 3 heterocycles. The predicted molar refractivity (Wildman–Crippen MR) is 88.0 cm³/mol. The number of nitrogens with zero attached hydrogens (tertiary/aromatic N) is 2. The van der Waals surface area contributed by atoms with Crippen LogP contribution < -0.4 is 0 Å². The zero-order chi connectivity index (χ0) is 17.2. The highest BCUT2D eigenvalue weighted by Crippen LogP contribution is 2.31. The molecule has 1 amide bonds. The van der Waals surface area contributed by atoms with Gasteiger partial charge in [-0.05, 0) is 24.3 Å². The molecule has 0 aliphatic carbocycles. The van der Waals surface area contributed by atoms with Crippen molar-refractivity contribution < 1.29 is 18.1 Å². The Morgan fingerprint density at radius 1 is 1.24 bits per heavy atom. The summed E-state index contributed by atoms with van der Waals surface area (Å²) in [7, 11) is 0. The first-order valence-corrected chi connectivity index (χ1v) is 8.25. The summed E-state index contributed by atoms with van der Waals surface area (Å²) in [5.41, 5.74) is 1.68. The number of halogens is 1. The number of carbonyl (C=O) groups excluding carboxylic acids is 1. The van der Waals surface area contributed by atoms with E-state index in [1.54, 1.807) is 29.4 Å². The van der Waals surface area contributed by atoms with Crippen molar-refractivity contribution in [2.45, 2.75) is 25.8 Å². The molecule has 0 atom stereocenters. The third kappa shape index (κ3) is 3.07. The summed E-state index contributed by atoms with van der Waals surface area (Å²) in [5, 5.41) is 4.04. The zero-order valence-electron chi connectivity index (χ0n) is 13.6. The summed E-state index contributed by atoms with van der Waals surface area (Å²) < 4.78 is 24.7. The van der Waals surface area contributed by atoms with Gasteiger partial charge < -0.3 is 13.8 Å². The number of aryl methyl sites for hydroxylation is 1. The van der Waals surface area contributed by atoms with Gasteiger partial charge in [0, 0.05) is 36.9 Å². The number of carbonyl (C=O) groups is 1. The van der Waals surface area contributed by atoms with Crippen LogP contribution in [-0.2, 0) is 24.2 Å². The molecule has 0 radical (unpaired) electrons. The summed E-state index contributed by atoms with van der Waals surface area (Å²) in [6.07, 6.45) is 3.14. The Morgan fingerprint density at radius 3 is 2.92 bits per heavy atom. The van der Waals surface area contributed by atoms with E-state index in [0.717, 1.165) is 17.1 Å². The number of hydrogen-bond acceptors (Lipinski definition) is 4. The Hall–Kier alpha value is -2.89. The minimum atomic E-state index is -0.347. The van der Waals surface area contributed by atoms with Gasteiger partial charge in [0.15, 0.2) is 0 Å². The van der Waals surface area contributed by atoms with Crippen LogP contribution in [0.3, 0.4) is 0 Å². The second-order valence-corrected chi connectivity index (χ2v) is 6.06. The van der Waals surface area contributed by atoms with Crippen LogP contribution in [0.25, 0.3) is 11.3 Å². The van der Waals surface area contributed by atoms with E-state index in [1.165, 1.54) is 6.07 Å². The van der Waals surface area contributed by atoms with E-state index in [2.05, 4.69) is 5.16 Å². The Kier molecular flexibility index (Phi) is 4.09. The molecule has 0 spiro atoms. The van der Waals surface area contributed by atoms with E-state index in [9.17, 15) is 9.18 Å². The maximum Gasteiger partial charge on any atom is 0.223 e. The van der Waals surface area contributed by atoms with Crippen molar-refractivity contribution in [3.63, 3.8) is 0 Å². The van der Waals surface area contributed by atoms with Crippen molar-refractivity contribution in [1.29, 1.82) is 0 Å². The van der Waals surface area contributed by atoms with Crippen molar-refractivity contribution in [3.8, 4) is 11.3 Å². The first-order valence-electron chi connectivity index (χ1n) is 8.25. The van der Waals surface area contributed by atoms with Crippen LogP contribution >= 0.6 is 0 Å². The summed E-state index contributed by atoms with van der Waals surface area (Å²) in [6.45, 7) is 0.968. The van der Waals surface area contributed by atoms with Gasteiger partial charge in [0.2, 0.25) is 5.91 Å². The molecule has 1 aliphatic rings. The topological polar surface area (TPSA) is 59.5 Å². The maximum atomic E-state index is 14.1. The molecular weight excluding hydrogens is 323 g/mol. The number of furan rings is 1. The average Bonchev–Trinajstić information content (AvgIpc) is 3.29. The lowest BCUT2D eigenvalue weighted by Crippen LogP contribution is -2.35. The van der Waals surface area contributed by atoms with Gasteiger partial charge >= 0.3 is 0 Å². The Balaban J connectivity index is 1.52. The quantitative estimate of drug-likeness (QED) is 0.728. The van der Waals surface area contributed by atoms with Crippen molar-refractivity contribution in [2.24, 2.45) is 0 Å². The summed E-state index contributed by atoms with van der Waals surface area (Å²) in [4.78, 5) is 14.3. The van der Waals surface area contributed by atoms with Crippen LogP contribution in [0.4, 0.5) is 4.39 Å². The van der Waals surface area contributed by atoms with Crippen molar-refractivity contribution in [2.75, 3.05) is 6.54 Å². The first-order chi connectivity index (χ1) is 12.2. The molecule has 2 aromatic heterocycles. The first kappa shape index (κ1) is 15.6. The van der Waals surface area contributed by atoms with Crippen LogP contribution in [0.1, 0.15) is 23.5 Å². The lowest BCUT2D eigenvalue weighted by molar-refractivity contribution is -0.132. The van der Waals surface area contributed by atoms with Crippen LogP contribution in [0.5, 0.6) is 0 Å². The molecule has 6 heteroatoms. The smallest absolute Gasteiger partial charge is 0.223 e. The van der Waals surface area contributed by atoms with E-state index in [4.69, 9.17) is 8.94 Å². The van der Waals surface area contributed by atoms with E-state index < -0.39 is 0 Å². The van der Waals surface area contributed by atoms with Crippen LogP contribution in [0.2, 0.25) is 0 Å². The standard InChI is InChI=1S/C19H17FN2O3/c20-16-6-2-1-5-14(16)19-15-12-22(10-9-17(15)25-21-19)18(23)8-7-13-4-3-11-24-13/h1-6,11H,7-10,12H2. The Labute approximate surface area is 144 Å². The lowest BCUT2D eigenvalue weighted by Gasteiger charge is -2.26. The molecule has 0 fully saturated rings. The van der Waals surface area contributed by atoms with E-state index in [-0.39, 0.29) is 11.7 Å². The van der Waals surface area contributed by atoms with Crippen LogP contribution in [-0.4, -0.2) is 22.5 Å². The highest BCUT2D eigenvalue weighted by atomic mass is 19.1. The summed E-state index contributed by atoms with van der Waals surface area (Å²) in [5.74, 6) is 1.22. The fourth-order valence-corrected chi connectivity index (χ4v) is 3.13. The molecule has 25 heavy (non-hydrogen) atoms. The lowest BCUT2D eigenvalue weighted by atomic mass is 10.0. The molecule has 0 saturated carbocycles. The summed E-state index contributed by atoms with van der Waals surface area (Å²) in [6, 6.07) is 10.1. The highest BCUT2D eigenvalue weighted by molar-refractivity contribution is 5.77. The normalized spacial score (nSPS) is 13.7. The van der Waals surface area contributed by atoms with E-state index in [1.807, 2.05) is 12.1 Å². The minimum absolute atomic E-state index is 0.0442. The van der Waals surface area contributed by atoms with Gasteiger partial charge in [-0.2, -0.15) is 0 Å². The molecule has 0 bridgehead atoms. The predicted octanol–water partition coefficient (Wildman–Crippen LogP) is 3.59. The number of amides is 1. The molecule has 5 nitrogen and oxygen atoms in total. The molecule has 3 aromatic rings. The number of rotatable bonds is 4. The highest BCUT2D eigenvalue weighted by Gasteiger charge is 2.28. The van der Waals surface area contributed by atoms with Crippen molar-refractivity contribution in [3.05, 3.63) is 65.6 Å². The fourth-order valence-electron chi connectivity index (χ4n) is 3.13. The van der Waals surface area contributed by atoms with Gasteiger partial charge in [-0.3, -0.25) is 4.79 Å². The van der Waals surface area contributed by atoms with Gasteiger partial charge in [0.25, 0.3) is 0 Å². The van der Waals surface area contributed by atoms with Crippen LogP contribution in [0, 0.1) is 5.82 Å². The molecule has 0 unspecified atom stereocenters. The van der Waals surface area contributed by atoms with Gasteiger partial charge in [-0.1, -0.05) is 17.3 Å². The molecule has 0 N–H and O–H groups in total. The van der Waals surface area contributed by atoms with Crippen molar-refractivity contribution in [1.82, 2.24) is 10.1 Å². The Morgan fingerprint density at radius 2 is 2.12 bits per heavy atom. The SMILES string of the molecule is O=C(CCc1ccco1)N1CCc2onc(-c3ccccc3F)c2C1. The molecule has 128 valence electrons. The third-order valence-corrected chi connectivity index (χ3v) is 4.47. The third-order valence-electron chi connectivity index (χ3n) is 4.47. The zero-order valence-corrected chi connectivity index (χ0v) is 13.6. The van der Waals surface area contributed by atoms with E-state index >= 15 is 0 Å². The fraction of sp³-hybridized carbons (Fsp3) is 0.263. The minimum Gasteiger partial charge on any atom is -0.469 e. The molecule has 0 saturated heterocycles. The van der Waals surface area contributed by atoms with Gasteiger partial charge in [-0.25, -0.2) is 4.39 Å². The Bertz CT molecular complexity index is 886. The second-order valence-electron chi connectivity index (χ2n) is 6.06. The molecular formula is C19H17FN2O3. The van der Waals surface area contributed by atoms with Gasteiger partial charge in [-0.15, -0.1) is 0 Å². The number of hydrogen-bond donors (Lipinski definition) is 0. The average molecular weight is 340 g/mol. The van der Waals surface area contributed by atoms with Crippen LogP contribution in [0.15, 0.2) is 51.6 Å². The molecule has 1 aromatic carbocycles. The molecule has 4 rings (SSSR count). The molecule has 1 aliphatic heterocycles. The largest absolute Gasteiger partial charge is 0.469 e. The maximum absolute atomic E-state index is 14.1. The van der Waals surface area contributed by atoms with Crippen molar-refractivity contribution >= 4 is 5.91 Å².